The van der Waals surface area contributed by atoms with E-state index in [4.69, 9.17) is 11.6 Å². The highest BCUT2D eigenvalue weighted by Crippen LogP contribution is 2.25. The minimum Gasteiger partial charge on any atom is -0.342 e. The molecule has 0 unspecified atom stereocenters. The fourth-order valence-corrected chi connectivity index (χ4v) is 4.04. The van der Waals surface area contributed by atoms with Crippen molar-refractivity contribution in [1.29, 1.82) is 0 Å². The number of nitrogens with one attached hydrogen (secondary N) is 3. The van der Waals surface area contributed by atoms with Gasteiger partial charge in [0.1, 0.15) is 12.1 Å². The normalized spacial score (nSPS) is 23.3. The number of hydrogen-bond donors (Lipinski definition) is 3. The number of hydrogen-bond acceptors (Lipinski definition) is 3. The molecule has 2 heterocycles. The molecule has 2 aliphatic rings. The highest BCUT2D eigenvalue weighted by Gasteiger charge is 2.46. The molecule has 2 fully saturated rings. The second kappa shape index (κ2) is 8.13. The molecule has 0 aromatic heterocycles. The molecule has 29 heavy (non-hydrogen) atoms. The van der Waals surface area contributed by atoms with Gasteiger partial charge in [0.2, 0.25) is 11.8 Å². The highest BCUT2D eigenvalue weighted by molar-refractivity contribution is 6.33. The Morgan fingerprint density at radius 2 is 1.83 bits per heavy atom. The van der Waals surface area contributed by atoms with Crippen molar-refractivity contribution in [2.24, 2.45) is 0 Å². The van der Waals surface area contributed by atoms with Gasteiger partial charge in [-0.1, -0.05) is 54.1 Å². The van der Waals surface area contributed by atoms with E-state index in [0.29, 0.717) is 30.1 Å². The average molecular weight is 413 g/mol. The van der Waals surface area contributed by atoms with Gasteiger partial charge in [-0.25, -0.2) is 4.79 Å². The number of carbonyl (C=O) groups excluding carboxylic acids is 3. The first-order valence-corrected chi connectivity index (χ1v) is 9.86. The predicted molar refractivity (Wildman–Crippen MR) is 110 cm³/mol. The summed E-state index contributed by atoms with van der Waals surface area (Å²) in [4.78, 5) is 39.3. The van der Waals surface area contributed by atoms with Gasteiger partial charge in [-0.05, 0) is 24.1 Å². The van der Waals surface area contributed by atoms with E-state index in [1.54, 1.807) is 29.2 Å². The molecule has 2 aromatic carbocycles. The molecule has 4 rings (SSSR count). The van der Waals surface area contributed by atoms with Gasteiger partial charge in [-0.3, -0.25) is 9.59 Å². The van der Waals surface area contributed by atoms with E-state index < -0.39 is 18.1 Å². The summed E-state index contributed by atoms with van der Waals surface area (Å²) in [5.41, 5.74) is 1.48. The van der Waals surface area contributed by atoms with Crippen LogP contribution in [0.1, 0.15) is 12.0 Å². The standard InChI is InChI=1S/C21H21ClN4O3/c22-15-8-4-5-9-16(15)25-21(29)23-14-11-18-19(27)24-17(20(28)26(18)12-14)10-13-6-2-1-3-7-13/h1-9,14,17-18H,10-12H2,(H,24,27)(H2,23,25,29)/t14-,17+,18-/m0/s1. The number of halogens is 1. The van der Waals surface area contributed by atoms with Crippen LogP contribution in [-0.4, -0.2) is 47.4 Å². The maximum absolute atomic E-state index is 12.9. The number of anilines is 1. The Morgan fingerprint density at radius 1 is 1.10 bits per heavy atom. The van der Waals surface area contributed by atoms with Crippen LogP contribution in [0.5, 0.6) is 0 Å². The van der Waals surface area contributed by atoms with Crippen molar-refractivity contribution in [1.82, 2.24) is 15.5 Å². The average Bonchev–Trinajstić information content (AvgIpc) is 3.13. The van der Waals surface area contributed by atoms with Crippen LogP contribution in [-0.2, 0) is 16.0 Å². The lowest BCUT2D eigenvalue weighted by Gasteiger charge is -2.34. The molecule has 0 bridgehead atoms. The summed E-state index contributed by atoms with van der Waals surface area (Å²) >= 11 is 6.06. The lowest BCUT2D eigenvalue weighted by molar-refractivity contribution is -0.147. The minimum absolute atomic E-state index is 0.116. The number of piperazine rings is 1. The van der Waals surface area contributed by atoms with Crippen molar-refractivity contribution in [3.63, 3.8) is 0 Å². The quantitative estimate of drug-likeness (QED) is 0.718. The van der Waals surface area contributed by atoms with E-state index in [0.717, 1.165) is 5.56 Å². The minimum atomic E-state index is -0.586. The van der Waals surface area contributed by atoms with E-state index in [2.05, 4.69) is 16.0 Å². The van der Waals surface area contributed by atoms with Crippen molar-refractivity contribution in [3.05, 3.63) is 65.2 Å². The number of amides is 4. The van der Waals surface area contributed by atoms with Crippen LogP contribution in [0.4, 0.5) is 10.5 Å². The van der Waals surface area contributed by atoms with Gasteiger partial charge in [0.25, 0.3) is 0 Å². The summed E-state index contributed by atoms with van der Waals surface area (Å²) < 4.78 is 0. The summed E-state index contributed by atoms with van der Waals surface area (Å²) in [5, 5.41) is 8.80. The third-order valence-electron chi connectivity index (χ3n) is 5.24. The lowest BCUT2D eigenvalue weighted by Crippen LogP contribution is -2.61. The molecule has 0 aliphatic carbocycles. The molecule has 0 spiro atoms. The zero-order chi connectivity index (χ0) is 20.4. The summed E-state index contributed by atoms with van der Waals surface area (Å²) in [6.45, 7) is 0.304. The number of benzene rings is 2. The molecule has 0 radical (unpaired) electrons. The molecule has 0 saturated carbocycles. The van der Waals surface area contributed by atoms with Gasteiger partial charge in [-0.15, -0.1) is 0 Å². The summed E-state index contributed by atoms with van der Waals surface area (Å²) in [6.07, 6.45) is 0.825. The van der Waals surface area contributed by atoms with Crippen LogP contribution < -0.4 is 16.0 Å². The largest absolute Gasteiger partial charge is 0.342 e. The Kier molecular flexibility index (Phi) is 5.40. The van der Waals surface area contributed by atoms with E-state index in [1.165, 1.54) is 0 Å². The Hall–Kier alpha value is -3.06. The second-order valence-corrected chi connectivity index (χ2v) is 7.68. The summed E-state index contributed by atoms with van der Waals surface area (Å²) in [5.74, 6) is -0.296. The van der Waals surface area contributed by atoms with Crippen LogP contribution in [0, 0.1) is 0 Å². The molecule has 2 saturated heterocycles. The molecule has 8 heteroatoms. The Bertz CT molecular complexity index is 937. The van der Waals surface area contributed by atoms with Crippen molar-refractivity contribution >= 4 is 35.1 Å². The monoisotopic (exact) mass is 412 g/mol. The van der Waals surface area contributed by atoms with Crippen LogP contribution in [0.15, 0.2) is 54.6 Å². The molecular weight excluding hydrogens is 392 g/mol. The first-order valence-electron chi connectivity index (χ1n) is 9.48. The van der Waals surface area contributed by atoms with Crippen molar-refractivity contribution in [2.75, 3.05) is 11.9 Å². The van der Waals surface area contributed by atoms with Crippen LogP contribution in [0.2, 0.25) is 5.02 Å². The highest BCUT2D eigenvalue weighted by atomic mass is 35.5. The number of para-hydroxylation sites is 1. The van der Waals surface area contributed by atoms with Crippen LogP contribution in [0.3, 0.4) is 0 Å². The first-order chi connectivity index (χ1) is 14.0. The van der Waals surface area contributed by atoms with Crippen LogP contribution in [0.25, 0.3) is 0 Å². The van der Waals surface area contributed by atoms with Crippen molar-refractivity contribution < 1.29 is 14.4 Å². The Morgan fingerprint density at radius 3 is 2.59 bits per heavy atom. The number of rotatable bonds is 4. The summed E-state index contributed by atoms with van der Waals surface area (Å²) in [7, 11) is 0. The molecule has 3 atom stereocenters. The van der Waals surface area contributed by atoms with E-state index in [1.807, 2.05) is 30.3 Å². The second-order valence-electron chi connectivity index (χ2n) is 7.27. The van der Waals surface area contributed by atoms with Gasteiger partial charge in [0, 0.05) is 13.0 Å². The molecular formula is C21H21ClN4O3. The number of carbonyl (C=O) groups is 3. The van der Waals surface area contributed by atoms with Crippen molar-refractivity contribution in [3.8, 4) is 0 Å². The molecule has 3 N–H and O–H groups in total. The van der Waals surface area contributed by atoms with Gasteiger partial charge >= 0.3 is 6.03 Å². The number of urea groups is 1. The molecule has 2 aromatic rings. The van der Waals surface area contributed by atoms with Gasteiger partial charge < -0.3 is 20.9 Å². The SMILES string of the molecule is O=C(Nc1ccccc1Cl)N[C@H]1C[C@H]2C(=O)N[C@H](Cc3ccccc3)C(=O)N2C1. The molecule has 2 aliphatic heterocycles. The third-order valence-corrected chi connectivity index (χ3v) is 5.57. The first kappa shape index (κ1) is 19.3. The zero-order valence-corrected chi connectivity index (χ0v) is 16.4. The summed E-state index contributed by atoms with van der Waals surface area (Å²) in [6, 6.07) is 14.6. The fraction of sp³-hybridized carbons (Fsp3) is 0.286. The fourth-order valence-electron chi connectivity index (χ4n) is 3.86. The lowest BCUT2D eigenvalue weighted by atomic mass is 10.0. The van der Waals surface area contributed by atoms with Gasteiger partial charge in [0.15, 0.2) is 0 Å². The number of fused-ring (bicyclic) bond motifs is 1. The van der Waals surface area contributed by atoms with Crippen molar-refractivity contribution in [2.45, 2.75) is 31.0 Å². The van der Waals surface area contributed by atoms with Gasteiger partial charge in [0.05, 0.1) is 16.8 Å². The smallest absolute Gasteiger partial charge is 0.319 e. The maximum Gasteiger partial charge on any atom is 0.319 e. The van der Waals surface area contributed by atoms with E-state index >= 15 is 0 Å². The predicted octanol–water partition coefficient (Wildman–Crippen LogP) is 2.17. The molecule has 4 amide bonds. The third kappa shape index (κ3) is 4.19. The zero-order valence-electron chi connectivity index (χ0n) is 15.6. The topological polar surface area (TPSA) is 90.5 Å². The molecule has 150 valence electrons. The Labute approximate surface area is 173 Å². The number of nitrogens with zero attached hydrogens (tertiary/aromatic N) is 1. The Balaban J connectivity index is 1.38. The van der Waals surface area contributed by atoms with Crippen LogP contribution >= 0.6 is 11.6 Å². The van der Waals surface area contributed by atoms with E-state index in [-0.39, 0.29) is 17.9 Å². The maximum atomic E-state index is 12.9. The van der Waals surface area contributed by atoms with E-state index in [9.17, 15) is 14.4 Å². The van der Waals surface area contributed by atoms with Gasteiger partial charge in [-0.2, -0.15) is 0 Å². The molecule has 7 nitrogen and oxygen atoms in total.